The summed E-state index contributed by atoms with van der Waals surface area (Å²) in [7, 11) is 0. The first kappa shape index (κ1) is 8.37. The number of hydrogen-bond acceptors (Lipinski definition) is 2. The Morgan fingerprint density at radius 2 is 2.09 bits per heavy atom. The monoisotopic (exact) mass is 172 g/mol. The van der Waals surface area contributed by atoms with Gasteiger partial charge >= 0.3 is 0 Å². The summed E-state index contributed by atoms with van der Waals surface area (Å²) in [4.78, 5) is 0. The van der Waals surface area contributed by atoms with Gasteiger partial charge < -0.3 is 10.2 Å². The minimum atomic E-state index is -0.182. The fraction of sp³-hybridized carbons (Fsp3) is 0.250. The van der Waals surface area contributed by atoms with Crippen molar-refractivity contribution < 1.29 is 10.2 Å². The van der Waals surface area contributed by atoms with Crippen LogP contribution in [0.15, 0.2) is 12.1 Å². The zero-order valence-electron chi connectivity index (χ0n) is 6.13. The number of aromatic hydroxyl groups is 1. The van der Waals surface area contributed by atoms with Crippen molar-refractivity contribution >= 4 is 11.6 Å². The number of aliphatic hydroxyl groups excluding tert-OH is 1. The van der Waals surface area contributed by atoms with E-state index in [1.807, 2.05) is 0 Å². The molecule has 0 spiro atoms. The molecule has 0 aromatic heterocycles. The Bertz CT molecular complexity index is 271. The molecular formula is C8H9ClO2. The molecule has 0 aliphatic rings. The van der Waals surface area contributed by atoms with Crippen LogP contribution >= 0.6 is 11.6 Å². The molecule has 0 saturated carbocycles. The number of halogens is 1. The van der Waals surface area contributed by atoms with E-state index in [-0.39, 0.29) is 12.4 Å². The lowest BCUT2D eigenvalue weighted by atomic mass is 10.1. The van der Waals surface area contributed by atoms with Crippen LogP contribution in [0.25, 0.3) is 0 Å². The number of benzene rings is 1. The van der Waals surface area contributed by atoms with Crippen molar-refractivity contribution in [3.8, 4) is 5.75 Å². The Morgan fingerprint density at radius 1 is 1.45 bits per heavy atom. The van der Waals surface area contributed by atoms with Crippen LogP contribution in [0.1, 0.15) is 11.1 Å². The molecule has 1 rings (SSSR count). The van der Waals surface area contributed by atoms with Crippen molar-refractivity contribution in [3.63, 3.8) is 0 Å². The van der Waals surface area contributed by atoms with Crippen LogP contribution in [0.2, 0.25) is 5.02 Å². The van der Waals surface area contributed by atoms with Crippen LogP contribution in [-0.4, -0.2) is 10.2 Å². The summed E-state index contributed by atoms with van der Waals surface area (Å²) in [6.45, 7) is 1.58. The zero-order chi connectivity index (χ0) is 8.43. The van der Waals surface area contributed by atoms with Gasteiger partial charge in [0.2, 0.25) is 0 Å². The highest BCUT2D eigenvalue weighted by molar-refractivity contribution is 6.31. The largest absolute Gasteiger partial charge is 0.508 e. The predicted molar refractivity (Wildman–Crippen MR) is 43.8 cm³/mol. The van der Waals surface area contributed by atoms with Gasteiger partial charge in [-0.2, -0.15) is 0 Å². The second-order valence-electron chi connectivity index (χ2n) is 2.33. The Balaban J connectivity index is 3.29. The van der Waals surface area contributed by atoms with E-state index in [4.69, 9.17) is 16.7 Å². The maximum Gasteiger partial charge on any atom is 0.121 e. The number of phenols is 1. The van der Waals surface area contributed by atoms with Gasteiger partial charge in [-0.25, -0.2) is 0 Å². The molecule has 0 bridgehead atoms. The average Bonchev–Trinajstić information content (AvgIpc) is 1.99. The smallest absolute Gasteiger partial charge is 0.121 e. The van der Waals surface area contributed by atoms with Crippen molar-refractivity contribution in [2.45, 2.75) is 13.5 Å². The van der Waals surface area contributed by atoms with Gasteiger partial charge in [0.05, 0.1) is 6.61 Å². The lowest BCUT2D eigenvalue weighted by molar-refractivity contribution is 0.274. The van der Waals surface area contributed by atoms with Gasteiger partial charge in [-0.05, 0) is 24.6 Å². The lowest BCUT2D eigenvalue weighted by Crippen LogP contribution is -1.89. The molecule has 11 heavy (non-hydrogen) atoms. The van der Waals surface area contributed by atoms with Crippen molar-refractivity contribution in [3.05, 3.63) is 28.3 Å². The van der Waals surface area contributed by atoms with Crippen LogP contribution in [0, 0.1) is 6.92 Å². The van der Waals surface area contributed by atoms with E-state index in [1.165, 1.54) is 6.07 Å². The van der Waals surface area contributed by atoms with Crippen molar-refractivity contribution in [1.29, 1.82) is 0 Å². The molecule has 2 nitrogen and oxygen atoms in total. The first-order valence-electron chi connectivity index (χ1n) is 3.24. The standard InChI is InChI=1S/C8H9ClO2/c1-5-6(4-10)8(11)3-2-7(5)9/h2-3,10-11H,4H2,1H3. The van der Waals surface area contributed by atoms with Gasteiger partial charge in [0, 0.05) is 10.6 Å². The van der Waals surface area contributed by atoms with Crippen molar-refractivity contribution in [2.24, 2.45) is 0 Å². The van der Waals surface area contributed by atoms with E-state index in [0.717, 1.165) is 5.56 Å². The molecule has 1 aromatic carbocycles. The summed E-state index contributed by atoms with van der Waals surface area (Å²) >= 11 is 5.74. The normalized spacial score (nSPS) is 10.1. The van der Waals surface area contributed by atoms with Crippen LogP contribution < -0.4 is 0 Å². The Kier molecular flexibility index (Phi) is 2.37. The molecule has 0 heterocycles. The second kappa shape index (κ2) is 3.11. The quantitative estimate of drug-likeness (QED) is 0.679. The Labute approximate surface area is 70.1 Å². The molecule has 1 aromatic rings. The highest BCUT2D eigenvalue weighted by Gasteiger charge is 2.05. The lowest BCUT2D eigenvalue weighted by Gasteiger charge is -2.05. The summed E-state index contributed by atoms with van der Waals surface area (Å²) in [6, 6.07) is 3.08. The molecule has 2 N–H and O–H groups in total. The highest BCUT2D eigenvalue weighted by Crippen LogP contribution is 2.26. The van der Waals surface area contributed by atoms with Gasteiger partial charge in [-0.1, -0.05) is 11.6 Å². The molecular weight excluding hydrogens is 164 g/mol. The fourth-order valence-electron chi connectivity index (χ4n) is 0.914. The van der Waals surface area contributed by atoms with Crippen LogP contribution in [0.3, 0.4) is 0 Å². The van der Waals surface area contributed by atoms with Gasteiger partial charge in [0.15, 0.2) is 0 Å². The van der Waals surface area contributed by atoms with E-state index < -0.39 is 0 Å². The predicted octanol–water partition coefficient (Wildman–Crippen LogP) is 1.85. The van der Waals surface area contributed by atoms with E-state index in [1.54, 1.807) is 13.0 Å². The second-order valence-corrected chi connectivity index (χ2v) is 2.74. The van der Waals surface area contributed by atoms with E-state index in [9.17, 15) is 5.11 Å². The van der Waals surface area contributed by atoms with Crippen molar-refractivity contribution in [1.82, 2.24) is 0 Å². The molecule has 0 radical (unpaired) electrons. The van der Waals surface area contributed by atoms with Crippen LogP contribution in [0.5, 0.6) is 5.75 Å². The molecule has 0 unspecified atom stereocenters. The highest BCUT2D eigenvalue weighted by atomic mass is 35.5. The maximum absolute atomic E-state index is 9.20. The maximum atomic E-state index is 9.20. The molecule has 0 atom stereocenters. The van der Waals surface area contributed by atoms with Gasteiger partial charge in [0.25, 0.3) is 0 Å². The van der Waals surface area contributed by atoms with Crippen molar-refractivity contribution in [2.75, 3.05) is 0 Å². The molecule has 0 amide bonds. The topological polar surface area (TPSA) is 40.5 Å². The van der Waals surface area contributed by atoms with E-state index in [0.29, 0.717) is 10.6 Å². The van der Waals surface area contributed by atoms with Gasteiger partial charge in [-0.3, -0.25) is 0 Å². The van der Waals surface area contributed by atoms with E-state index in [2.05, 4.69) is 0 Å². The molecule has 0 aliphatic carbocycles. The number of rotatable bonds is 1. The third-order valence-electron chi connectivity index (χ3n) is 1.67. The minimum absolute atomic E-state index is 0.0920. The summed E-state index contributed by atoms with van der Waals surface area (Å²) in [5.74, 6) is 0.0920. The number of aliphatic hydroxyl groups is 1. The van der Waals surface area contributed by atoms with Crippen LogP contribution in [0.4, 0.5) is 0 Å². The van der Waals surface area contributed by atoms with Gasteiger partial charge in [-0.15, -0.1) is 0 Å². The number of hydrogen-bond donors (Lipinski definition) is 2. The summed E-state index contributed by atoms with van der Waals surface area (Å²) in [5, 5.41) is 18.6. The SMILES string of the molecule is Cc1c(Cl)ccc(O)c1CO. The summed E-state index contributed by atoms with van der Waals surface area (Å²) in [6.07, 6.45) is 0. The van der Waals surface area contributed by atoms with Gasteiger partial charge in [0.1, 0.15) is 5.75 Å². The molecule has 60 valence electrons. The van der Waals surface area contributed by atoms with E-state index >= 15 is 0 Å². The molecule has 0 saturated heterocycles. The summed E-state index contributed by atoms with van der Waals surface area (Å²) < 4.78 is 0. The first-order valence-corrected chi connectivity index (χ1v) is 3.62. The third-order valence-corrected chi connectivity index (χ3v) is 2.08. The average molecular weight is 173 g/mol. The minimum Gasteiger partial charge on any atom is -0.508 e. The molecule has 3 heteroatoms. The fourth-order valence-corrected chi connectivity index (χ4v) is 1.09. The Hall–Kier alpha value is -0.730. The Morgan fingerprint density at radius 3 is 2.55 bits per heavy atom. The summed E-state index contributed by atoms with van der Waals surface area (Å²) in [5.41, 5.74) is 1.23. The molecule has 0 fully saturated rings. The molecule has 0 aliphatic heterocycles. The van der Waals surface area contributed by atoms with Crippen LogP contribution in [-0.2, 0) is 6.61 Å². The zero-order valence-corrected chi connectivity index (χ0v) is 6.89. The third kappa shape index (κ3) is 1.47. The first-order chi connectivity index (χ1) is 5.16.